The van der Waals surface area contributed by atoms with Gasteiger partial charge in [0, 0.05) is 36.8 Å². The van der Waals surface area contributed by atoms with E-state index in [4.69, 9.17) is 0 Å². The van der Waals surface area contributed by atoms with Crippen molar-refractivity contribution < 1.29 is 4.79 Å². The van der Waals surface area contributed by atoms with Crippen molar-refractivity contribution in [1.29, 1.82) is 0 Å². The maximum atomic E-state index is 12.4. The first-order valence-corrected chi connectivity index (χ1v) is 7.18. The molecular formula is C13H19BrN4O. The molecule has 0 aliphatic carbocycles. The summed E-state index contributed by atoms with van der Waals surface area (Å²) in [6.45, 7) is 7.52. The van der Waals surface area contributed by atoms with Gasteiger partial charge in [-0.15, -0.1) is 0 Å². The van der Waals surface area contributed by atoms with Crippen LogP contribution < -0.4 is 10.6 Å². The van der Waals surface area contributed by atoms with Crippen molar-refractivity contribution in [3.8, 4) is 0 Å². The van der Waals surface area contributed by atoms with Crippen molar-refractivity contribution in [2.75, 3.05) is 31.5 Å². The molecule has 6 heteroatoms. The van der Waals surface area contributed by atoms with E-state index in [-0.39, 0.29) is 5.91 Å². The monoisotopic (exact) mass is 326 g/mol. The lowest BCUT2D eigenvalue weighted by atomic mass is 10.0. The summed E-state index contributed by atoms with van der Waals surface area (Å²) in [6.07, 6.45) is 1.67. The molecule has 2 rings (SSSR count). The number of hydrogen-bond acceptors (Lipinski definition) is 4. The number of piperazine rings is 1. The lowest BCUT2D eigenvalue weighted by Crippen LogP contribution is -2.58. The van der Waals surface area contributed by atoms with E-state index in [0.29, 0.717) is 5.82 Å². The summed E-state index contributed by atoms with van der Waals surface area (Å²) in [5.41, 5.74) is -0.531. The molecule has 1 aliphatic heterocycles. The molecule has 0 unspecified atom stereocenters. The molecule has 1 aromatic rings. The highest BCUT2D eigenvalue weighted by atomic mass is 79.9. The van der Waals surface area contributed by atoms with E-state index in [9.17, 15) is 4.79 Å². The maximum Gasteiger partial charge on any atom is 0.245 e. The molecule has 2 N–H and O–H groups in total. The van der Waals surface area contributed by atoms with Gasteiger partial charge in [0.15, 0.2) is 0 Å². The van der Waals surface area contributed by atoms with Gasteiger partial charge in [0.25, 0.3) is 0 Å². The second kappa shape index (κ2) is 5.98. The summed E-state index contributed by atoms with van der Waals surface area (Å²) in [4.78, 5) is 18.8. The Bertz CT molecular complexity index is 440. The lowest BCUT2D eigenvalue weighted by Gasteiger charge is -2.39. The summed E-state index contributed by atoms with van der Waals surface area (Å²) in [5.74, 6) is 0.556. The van der Waals surface area contributed by atoms with Gasteiger partial charge in [-0.3, -0.25) is 9.69 Å². The van der Waals surface area contributed by atoms with Gasteiger partial charge in [0.1, 0.15) is 5.82 Å². The van der Waals surface area contributed by atoms with Crippen LogP contribution in [0.4, 0.5) is 5.82 Å². The van der Waals surface area contributed by atoms with Gasteiger partial charge in [-0.1, -0.05) is 0 Å². The SMILES string of the molecule is CC(C)(C(=O)Nc1ccc(Br)cn1)N1CCNCC1. The number of anilines is 1. The number of rotatable bonds is 3. The zero-order valence-corrected chi connectivity index (χ0v) is 12.8. The van der Waals surface area contributed by atoms with Gasteiger partial charge in [-0.2, -0.15) is 0 Å². The molecule has 5 nitrogen and oxygen atoms in total. The predicted octanol–water partition coefficient (Wildman–Crippen LogP) is 1.47. The molecule has 0 bridgehead atoms. The van der Waals surface area contributed by atoms with Gasteiger partial charge < -0.3 is 10.6 Å². The van der Waals surface area contributed by atoms with E-state index < -0.39 is 5.54 Å². The highest BCUT2D eigenvalue weighted by molar-refractivity contribution is 9.10. The number of hydrogen-bond donors (Lipinski definition) is 2. The summed E-state index contributed by atoms with van der Waals surface area (Å²) < 4.78 is 0.895. The highest BCUT2D eigenvalue weighted by Crippen LogP contribution is 2.18. The first kappa shape index (κ1) is 14.4. The Morgan fingerprint density at radius 3 is 2.68 bits per heavy atom. The average molecular weight is 327 g/mol. The van der Waals surface area contributed by atoms with Crippen molar-refractivity contribution in [2.45, 2.75) is 19.4 Å². The Balaban J connectivity index is 2.03. The Labute approximate surface area is 121 Å². The third-order valence-electron chi connectivity index (χ3n) is 3.43. The molecule has 0 saturated carbocycles. The molecule has 1 amide bonds. The zero-order chi connectivity index (χ0) is 13.9. The van der Waals surface area contributed by atoms with Crippen LogP contribution in [0.1, 0.15) is 13.8 Å². The molecule has 1 aliphatic rings. The minimum Gasteiger partial charge on any atom is -0.314 e. The third-order valence-corrected chi connectivity index (χ3v) is 3.90. The maximum absolute atomic E-state index is 12.4. The standard InChI is InChI=1S/C13H19BrN4O/c1-13(2,18-7-5-15-6-8-18)12(19)17-11-4-3-10(14)9-16-11/h3-4,9,15H,5-8H2,1-2H3,(H,16,17,19). The second-order valence-electron chi connectivity index (χ2n) is 5.11. The van der Waals surface area contributed by atoms with E-state index in [1.54, 1.807) is 12.3 Å². The number of nitrogens with one attached hydrogen (secondary N) is 2. The smallest absolute Gasteiger partial charge is 0.245 e. The summed E-state index contributed by atoms with van der Waals surface area (Å²) in [5, 5.41) is 6.16. The molecule has 104 valence electrons. The predicted molar refractivity (Wildman–Crippen MR) is 79.1 cm³/mol. The number of carbonyl (C=O) groups is 1. The Kier molecular flexibility index (Phi) is 4.54. The molecule has 0 atom stereocenters. The molecule has 19 heavy (non-hydrogen) atoms. The van der Waals surface area contributed by atoms with Crippen LogP contribution in [0.2, 0.25) is 0 Å². The van der Waals surface area contributed by atoms with E-state index in [1.165, 1.54) is 0 Å². The number of nitrogens with zero attached hydrogens (tertiary/aromatic N) is 2. The topological polar surface area (TPSA) is 57.3 Å². The molecule has 1 fully saturated rings. The Hall–Kier alpha value is -0.980. The molecule has 0 radical (unpaired) electrons. The molecule has 0 aromatic carbocycles. The van der Waals surface area contributed by atoms with Crippen LogP contribution in [0.3, 0.4) is 0 Å². The van der Waals surface area contributed by atoms with Crippen LogP contribution in [0.15, 0.2) is 22.8 Å². The minimum atomic E-state index is -0.531. The van der Waals surface area contributed by atoms with E-state index in [1.807, 2.05) is 19.9 Å². The van der Waals surface area contributed by atoms with Crippen molar-refractivity contribution >= 4 is 27.7 Å². The number of carbonyl (C=O) groups excluding carboxylic acids is 1. The van der Waals surface area contributed by atoms with Crippen molar-refractivity contribution in [2.24, 2.45) is 0 Å². The highest BCUT2D eigenvalue weighted by Gasteiger charge is 2.35. The van der Waals surface area contributed by atoms with Gasteiger partial charge >= 0.3 is 0 Å². The fourth-order valence-electron chi connectivity index (χ4n) is 2.09. The van der Waals surface area contributed by atoms with Crippen LogP contribution in [0.25, 0.3) is 0 Å². The van der Waals surface area contributed by atoms with Gasteiger partial charge in [-0.25, -0.2) is 4.98 Å². The second-order valence-corrected chi connectivity index (χ2v) is 6.03. The molecule has 2 heterocycles. The largest absolute Gasteiger partial charge is 0.314 e. The quantitative estimate of drug-likeness (QED) is 0.883. The minimum absolute atomic E-state index is 0.0239. The van der Waals surface area contributed by atoms with Gasteiger partial charge in [0.05, 0.1) is 5.54 Å². The van der Waals surface area contributed by atoms with Gasteiger partial charge in [0.2, 0.25) is 5.91 Å². The van der Waals surface area contributed by atoms with Crippen molar-refractivity contribution in [3.05, 3.63) is 22.8 Å². The lowest BCUT2D eigenvalue weighted by molar-refractivity contribution is -0.126. The van der Waals surface area contributed by atoms with Crippen LogP contribution >= 0.6 is 15.9 Å². The van der Waals surface area contributed by atoms with E-state index in [0.717, 1.165) is 30.7 Å². The number of aromatic nitrogens is 1. The first-order chi connectivity index (χ1) is 9.00. The fourth-order valence-corrected chi connectivity index (χ4v) is 2.32. The fraction of sp³-hybridized carbons (Fsp3) is 0.538. The summed E-state index contributed by atoms with van der Waals surface area (Å²) >= 11 is 3.32. The van der Waals surface area contributed by atoms with Gasteiger partial charge in [-0.05, 0) is 41.9 Å². The first-order valence-electron chi connectivity index (χ1n) is 6.39. The van der Waals surface area contributed by atoms with Crippen LogP contribution in [0.5, 0.6) is 0 Å². The number of halogens is 1. The molecule has 0 spiro atoms. The van der Waals surface area contributed by atoms with Crippen molar-refractivity contribution in [3.63, 3.8) is 0 Å². The average Bonchev–Trinajstić information content (AvgIpc) is 2.42. The molecule has 1 aromatic heterocycles. The van der Waals surface area contributed by atoms with Crippen LogP contribution in [0, 0.1) is 0 Å². The summed E-state index contributed by atoms with van der Waals surface area (Å²) in [7, 11) is 0. The normalized spacial score (nSPS) is 17.2. The Morgan fingerprint density at radius 1 is 1.42 bits per heavy atom. The van der Waals surface area contributed by atoms with Crippen molar-refractivity contribution in [1.82, 2.24) is 15.2 Å². The number of pyridine rings is 1. The third kappa shape index (κ3) is 3.52. The molecular weight excluding hydrogens is 308 g/mol. The number of amides is 1. The van der Waals surface area contributed by atoms with E-state index in [2.05, 4.69) is 36.4 Å². The summed E-state index contributed by atoms with van der Waals surface area (Å²) in [6, 6.07) is 3.65. The van der Waals surface area contributed by atoms with Crippen LogP contribution in [-0.4, -0.2) is 47.5 Å². The Morgan fingerprint density at radius 2 is 2.11 bits per heavy atom. The zero-order valence-electron chi connectivity index (χ0n) is 11.2. The van der Waals surface area contributed by atoms with E-state index >= 15 is 0 Å². The molecule has 1 saturated heterocycles. The van der Waals surface area contributed by atoms with Crippen LogP contribution in [-0.2, 0) is 4.79 Å².